The van der Waals surface area contributed by atoms with Crippen LogP contribution >= 0.6 is 0 Å². The Bertz CT molecular complexity index is 409. The predicted octanol–water partition coefficient (Wildman–Crippen LogP) is 0.525. The summed E-state index contributed by atoms with van der Waals surface area (Å²) in [6.45, 7) is 1.30. The van der Waals surface area contributed by atoms with Crippen LogP contribution in [0.5, 0.6) is 0 Å². The maximum atomic E-state index is 11.2. The normalized spacial score (nSPS) is 9.79. The summed E-state index contributed by atoms with van der Waals surface area (Å²) < 4.78 is 0. The van der Waals surface area contributed by atoms with Crippen molar-refractivity contribution < 1.29 is 14.8 Å². The zero-order valence-electron chi connectivity index (χ0n) is 10.9. The van der Waals surface area contributed by atoms with E-state index in [0.29, 0.717) is 6.54 Å². The highest BCUT2D eigenvalue weighted by molar-refractivity contribution is 5.96. The van der Waals surface area contributed by atoms with Gasteiger partial charge in [-0.3, -0.25) is 14.8 Å². The average Bonchev–Trinajstić information content (AvgIpc) is 2.44. The van der Waals surface area contributed by atoms with Gasteiger partial charge in [0.15, 0.2) is 0 Å². The third kappa shape index (κ3) is 5.87. The minimum Gasteiger partial charge on any atom is -0.375 e. The molecule has 2 amide bonds. The number of benzene rings is 1. The Labute approximate surface area is 112 Å². The van der Waals surface area contributed by atoms with Crippen molar-refractivity contribution in [2.45, 2.75) is 12.8 Å². The van der Waals surface area contributed by atoms with E-state index in [1.165, 1.54) is 5.48 Å². The molecule has 1 rings (SSSR count). The average molecular weight is 265 g/mol. The number of carbonyl (C=O) groups excluding carboxylic acids is 2. The molecule has 0 aliphatic heterocycles. The minimum atomic E-state index is -0.709. The van der Waals surface area contributed by atoms with E-state index < -0.39 is 11.8 Å². The third-order valence-electron chi connectivity index (χ3n) is 2.64. The predicted molar refractivity (Wildman–Crippen MR) is 71.9 cm³/mol. The number of rotatable bonds is 7. The van der Waals surface area contributed by atoms with Gasteiger partial charge in [-0.2, -0.15) is 0 Å². The zero-order valence-corrected chi connectivity index (χ0v) is 10.9. The number of nitrogens with zero attached hydrogens (tertiary/aromatic N) is 1. The van der Waals surface area contributed by atoms with Crippen LogP contribution in [0.2, 0.25) is 0 Å². The maximum absolute atomic E-state index is 11.2. The molecule has 1 aromatic rings. The second-order valence-electron chi connectivity index (χ2n) is 4.17. The van der Waals surface area contributed by atoms with Crippen molar-refractivity contribution in [3.05, 3.63) is 30.3 Å². The molecular weight excluding hydrogens is 246 g/mol. The number of hydrogen-bond acceptors (Lipinski definition) is 4. The van der Waals surface area contributed by atoms with Crippen LogP contribution in [0.3, 0.4) is 0 Å². The molecule has 0 radical (unpaired) electrons. The van der Waals surface area contributed by atoms with Crippen molar-refractivity contribution in [2.24, 2.45) is 0 Å². The second kappa shape index (κ2) is 8.10. The SMILES string of the molecule is CN(CCCNC(=O)CC(=O)NO)c1ccccc1. The molecule has 104 valence electrons. The molecule has 1 aromatic carbocycles. The Balaban J connectivity index is 2.17. The van der Waals surface area contributed by atoms with Crippen LogP contribution in [0.25, 0.3) is 0 Å². The van der Waals surface area contributed by atoms with Gasteiger partial charge in [0.1, 0.15) is 6.42 Å². The molecule has 0 heterocycles. The van der Waals surface area contributed by atoms with Crippen molar-refractivity contribution in [1.82, 2.24) is 10.8 Å². The first-order valence-corrected chi connectivity index (χ1v) is 6.09. The van der Waals surface area contributed by atoms with Crippen LogP contribution in [0, 0.1) is 0 Å². The first-order valence-electron chi connectivity index (χ1n) is 6.09. The Kier molecular flexibility index (Phi) is 6.38. The van der Waals surface area contributed by atoms with Crippen molar-refractivity contribution in [3.63, 3.8) is 0 Å². The van der Waals surface area contributed by atoms with E-state index >= 15 is 0 Å². The smallest absolute Gasteiger partial charge is 0.252 e. The van der Waals surface area contributed by atoms with Crippen molar-refractivity contribution in [3.8, 4) is 0 Å². The van der Waals surface area contributed by atoms with Crippen LogP contribution < -0.4 is 15.7 Å². The fraction of sp³-hybridized carbons (Fsp3) is 0.385. The number of nitrogens with one attached hydrogen (secondary N) is 2. The molecule has 0 aliphatic carbocycles. The van der Waals surface area contributed by atoms with Crippen molar-refractivity contribution in [2.75, 3.05) is 25.0 Å². The number of amides is 2. The summed E-state index contributed by atoms with van der Waals surface area (Å²) in [6.07, 6.45) is 0.420. The maximum Gasteiger partial charge on any atom is 0.252 e. The Morgan fingerprint density at radius 2 is 1.89 bits per heavy atom. The highest BCUT2D eigenvalue weighted by Gasteiger charge is 2.07. The summed E-state index contributed by atoms with van der Waals surface area (Å²) in [6, 6.07) is 9.94. The molecule has 0 spiro atoms. The molecule has 6 nitrogen and oxygen atoms in total. The molecule has 0 aliphatic rings. The van der Waals surface area contributed by atoms with Gasteiger partial charge in [-0.05, 0) is 18.6 Å². The molecule has 0 aromatic heterocycles. The zero-order chi connectivity index (χ0) is 14.1. The molecule has 6 heteroatoms. The van der Waals surface area contributed by atoms with Gasteiger partial charge in [-0.1, -0.05) is 18.2 Å². The molecule has 3 N–H and O–H groups in total. The summed E-state index contributed by atoms with van der Waals surface area (Å²) in [5.74, 6) is -1.10. The van der Waals surface area contributed by atoms with Gasteiger partial charge in [0.2, 0.25) is 5.91 Å². The largest absolute Gasteiger partial charge is 0.375 e. The third-order valence-corrected chi connectivity index (χ3v) is 2.64. The number of hydrogen-bond donors (Lipinski definition) is 3. The lowest BCUT2D eigenvalue weighted by atomic mass is 10.3. The Morgan fingerprint density at radius 3 is 2.53 bits per heavy atom. The summed E-state index contributed by atoms with van der Waals surface area (Å²) in [7, 11) is 1.98. The topological polar surface area (TPSA) is 81.7 Å². The van der Waals surface area contributed by atoms with E-state index in [4.69, 9.17) is 5.21 Å². The van der Waals surface area contributed by atoms with Gasteiger partial charge in [-0.15, -0.1) is 0 Å². The van der Waals surface area contributed by atoms with E-state index in [2.05, 4.69) is 10.2 Å². The Hall–Kier alpha value is -2.08. The highest BCUT2D eigenvalue weighted by Crippen LogP contribution is 2.10. The fourth-order valence-corrected chi connectivity index (χ4v) is 1.60. The fourth-order valence-electron chi connectivity index (χ4n) is 1.60. The summed E-state index contributed by atoms with van der Waals surface area (Å²) in [4.78, 5) is 24.0. The van der Waals surface area contributed by atoms with Gasteiger partial charge in [0, 0.05) is 25.8 Å². The lowest BCUT2D eigenvalue weighted by Gasteiger charge is -2.19. The first kappa shape index (κ1) is 15.0. The summed E-state index contributed by atoms with van der Waals surface area (Å²) in [5, 5.41) is 10.9. The van der Waals surface area contributed by atoms with Gasteiger partial charge in [-0.25, -0.2) is 5.48 Å². The standard InChI is InChI=1S/C13H19N3O3/c1-16(11-6-3-2-4-7-11)9-5-8-14-12(17)10-13(18)15-19/h2-4,6-7,19H,5,8-10H2,1H3,(H,14,17)(H,15,18). The van der Waals surface area contributed by atoms with Crippen LogP contribution in [0.15, 0.2) is 30.3 Å². The van der Waals surface area contributed by atoms with Gasteiger partial charge >= 0.3 is 0 Å². The monoisotopic (exact) mass is 265 g/mol. The number of hydroxylamine groups is 1. The van der Waals surface area contributed by atoms with E-state index in [9.17, 15) is 9.59 Å². The van der Waals surface area contributed by atoms with Gasteiger partial charge < -0.3 is 10.2 Å². The molecule has 0 bridgehead atoms. The van der Waals surface area contributed by atoms with E-state index in [1.807, 2.05) is 37.4 Å². The number of carbonyl (C=O) groups is 2. The lowest BCUT2D eigenvalue weighted by Crippen LogP contribution is -2.32. The quantitative estimate of drug-likeness (QED) is 0.291. The van der Waals surface area contributed by atoms with Crippen LogP contribution in [-0.2, 0) is 9.59 Å². The molecule has 19 heavy (non-hydrogen) atoms. The molecule has 0 atom stereocenters. The molecular formula is C13H19N3O3. The second-order valence-corrected chi connectivity index (χ2v) is 4.17. The minimum absolute atomic E-state index is 0.356. The number of anilines is 1. The van der Waals surface area contributed by atoms with Gasteiger partial charge in [0.25, 0.3) is 5.91 Å². The van der Waals surface area contributed by atoms with Crippen LogP contribution in [0.1, 0.15) is 12.8 Å². The van der Waals surface area contributed by atoms with E-state index in [-0.39, 0.29) is 6.42 Å². The van der Waals surface area contributed by atoms with Crippen molar-refractivity contribution >= 4 is 17.5 Å². The van der Waals surface area contributed by atoms with Crippen molar-refractivity contribution in [1.29, 1.82) is 0 Å². The molecule has 0 saturated carbocycles. The van der Waals surface area contributed by atoms with Crippen LogP contribution in [-0.4, -0.2) is 37.2 Å². The van der Waals surface area contributed by atoms with Crippen LogP contribution in [0.4, 0.5) is 5.69 Å². The summed E-state index contributed by atoms with van der Waals surface area (Å²) in [5.41, 5.74) is 2.54. The number of para-hydroxylation sites is 1. The van der Waals surface area contributed by atoms with E-state index in [0.717, 1.165) is 18.7 Å². The molecule has 0 saturated heterocycles. The Morgan fingerprint density at radius 1 is 1.21 bits per heavy atom. The molecule has 0 unspecified atom stereocenters. The lowest BCUT2D eigenvalue weighted by molar-refractivity contribution is -0.134. The molecule has 0 fully saturated rings. The summed E-state index contributed by atoms with van der Waals surface area (Å²) >= 11 is 0. The highest BCUT2D eigenvalue weighted by atomic mass is 16.5. The van der Waals surface area contributed by atoms with Gasteiger partial charge in [0.05, 0.1) is 0 Å². The first-order chi connectivity index (χ1) is 9.13. The van der Waals surface area contributed by atoms with E-state index in [1.54, 1.807) is 0 Å².